The van der Waals surface area contributed by atoms with E-state index >= 15 is 0 Å². The van der Waals surface area contributed by atoms with Crippen LogP contribution in [0.25, 0.3) is 11.4 Å². The fourth-order valence-electron chi connectivity index (χ4n) is 3.44. The molecule has 1 aliphatic heterocycles. The van der Waals surface area contributed by atoms with Crippen LogP contribution in [0.2, 0.25) is 0 Å². The number of hydrogen-bond donors (Lipinski definition) is 0. The van der Waals surface area contributed by atoms with E-state index in [9.17, 15) is 30.7 Å². The highest BCUT2D eigenvalue weighted by atomic mass is 19.4. The molecule has 0 saturated carbocycles. The van der Waals surface area contributed by atoms with Gasteiger partial charge in [0.15, 0.2) is 29.1 Å². The molecule has 0 aliphatic carbocycles. The van der Waals surface area contributed by atoms with E-state index in [0.717, 1.165) is 12.1 Å². The molecular formula is C21H14F7N3. The summed E-state index contributed by atoms with van der Waals surface area (Å²) in [5.41, 5.74) is 0.242. The lowest BCUT2D eigenvalue weighted by molar-refractivity contribution is -0.137. The average Bonchev–Trinajstić information content (AvgIpc) is 2.74. The summed E-state index contributed by atoms with van der Waals surface area (Å²) < 4.78 is 92.8. The average molecular weight is 441 g/mol. The Kier molecular flexibility index (Phi) is 5.42. The molecule has 0 radical (unpaired) electrons. The van der Waals surface area contributed by atoms with Crippen LogP contribution < -0.4 is 0 Å². The van der Waals surface area contributed by atoms with Crippen molar-refractivity contribution in [3.05, 3.63) is 82.2 Å². The second-order valence-electron chi connectivity index (χ2n) is 7.15. The molecule has 0 saturated heterocycles. The van der Waals surface area contributed by atoms with E-state index in [2.05, 4.69) is 9.97 Å². The molecule has 0 unspecified atom stereocenters. The maximum atomic E-state index is 13.9. The number of alkyl halides is 3. The van der Waals surface area contributed by atoms with E-state index in [1.165, 1.54) is 18.3 Å². The first-order valence-corrected chi connectivity index (χ1v) is 9.20. The summed E-state index contributed by atoms with van der Waals surface area (Å²) in [6.45, 7) is 0.166. The highest BCUT2D eigenvalue weighted by Gasteiger charge is 2.30. The summed E-state index contributed by atoms with van der Waals surface area (Å²) in [6, 6.07) is 4.62. The quantitative estimate of drug-likeness (QED) is 0.409. The van der Waals surface area contributed by atoms with Crippen molar-refractivity contribution in [2.45, 2.75) is 25.7 Å². The summed E-state index contributed by atoms with van der Waals surface area (Å²) >= 11 is 0. The van der Waals surface area contributed by atoms with Crippen LogP contribution >= 0.6 is 0 Å². The SMILES string of the molecule is Fc1cc(F)c(F)c(CN2CCc3nc(-c4ccc(C(F)(F)F)cc4)ncc3C2)c1F. The molecule has 1 aromatic heterocycles. The van der Waals surface area contributed by atoms with E-state index in [1.54, 1.807) is 4.90 Å². The number of aromatic nitrogens is 2. The van der Waals surface area contributed by atoms with Crippen molar-refractivity contribution in [1.82, 2.24) is 14.9 Å². The molecule has 3 nitrogen and oxygen atoms in total. The summed E-state index contributed by atoms with van der Waals surface area (Å²) in [7, 11) is 0. The van der Waals surface area contributed by atoms with Crippen molar-refractivity contribution in [3.8, 4) is 11.4 Å². The Hall–Kier alpha value is -3.01. The van der Waals surface area contributed by atoms with Gasteiger partial charge in [0, 0.05) is 55.0 Å². The minimum atomic E-state index is -4.44. The van der Waals surface area contributed by atoms with Gasteiger partial charge in [0.05, 0.1) is 11.3 Å². The zero-order valence-corrected chi connectivity index (χ0v) is 15.8. The topological polar surface area (TPSA) is 29.0 Å². The third kappa shape index (κ3) is 4.25. The smallest absolute Gasteiger partial charge is 0.294 e. The maximum Gasteiger partial charge on any atom is 0.416 e. The van der Waals surface area contributed by atoms with E-state index in [0.29, 0.717) is 29.8 Å². The Morgan fingerprint density at radius 2 is 1.58 bits per heavy atom. The molecular weight excluding hydrogens is 427 g/mol. The molecule has 10 heteroatoms. The zero-order valence-electron chi connectivity index (χ0n) is 15.8. The van der Waals surface area contributed by atoms with Gasteiger partial charge in [0.1, 0.15) is 0 Å². The Morgan fingerprint density at radius 1 is 0.935 bits per heavy atom. The van der Waals surface area contributed by atoms with Crippen LogP contribution in [0.4, 0.5) is 30.7 Å². The molecule has 0 fully saturated rings. The highest BCUT2D eigenvalue weighted by Crippen LogP contribution is 2.31. The van der Waals surface area contributed by atoms with Gasteiger partial charge in [-0.15, -0.1) is 0 Å². The number of fused-ring (bicyclic) bond motifs is 1. The first-order chi connectivity index (χ1) is 14.6. The van der Waals surface area contributed by atoms with Crippen LogP contribution in [-0.4, -0.2) is 21.4 Å². The maximum absolute atomic E-state index is 13.9. The summed E-state index contributed by atoms with van der Waals surface area (Å²) in [6.07, 6.45) is -2.59. The van der Waals surface area contributed by atoms with E-state index < -0.39 is 40.6 Å². The van der Waals surface area contributed by atoms with Crippen molar-refractivity contribution < 1.29 is 30.7 Å². The van der Waals surface area contributed by atoms with Gasteiger partial charge in [0.25, 0.3) is 0 Å². The molecule has 0 bridgehead atoms. The molecule has 3 aromatic rings. The van der Waals surface area contributed by atoms with Crippen LogP contribution in [0.5, 0.6) is 0 Å². The molecule has 2 aromatic carbocycles. The third-order valence-corrected chi connectivity index (χ3v) is 5.07. The molecule has 4 rings (SSSR count). The molecule has 1 aliphatic rings. The first kappa shape index (κ1) is 21.2. The van der Waals surface area contributed by atoms with Gasteiger partial charge in [-0.3, -0.25) is 4.90 Å². The van der Waals surface area contributed by atoms with Gasteiger partial charge < -0.3 is 0 Å². The molecule has 0 amide bonds. The van der Waals surface area contributed by atoms with Gasteiger partial charge in [0.2, 0.25) is 0 Å². The second-order valence-corrected chi connectivity index (χ2v) is 7.15. The van der Waals surface area contributed by atoms with Gasteiger partial charge in [-0.2, -0.15) is 13.2 Å². The van der Waals surface area contributed by atoms with Crippen LogP contribution in [0.3, 0.4) is 0 Å². The van der Waals surface area contributed by atoms with Gasteiger partial charge in [-0.1, -0.05) is 12.1 Å². The number of hydrogen-bond acceptors (Lipinski definition) is 3. The van der Waals surface area contributed by atoms with Crippen LogP contribution in [0.1, 0.15) is 22.4 Å². The van der Waals surface area contributed by atoms with Crippen molar-refractivity contribution in [2.24, 2.45) is 0 Å². The van der Waals surface area contributed by atoms with Crippen molar-refractivity contribution in [3.63, 3.8) is 0 Å². The standard InChI is InChI=1S/C21H14F7N3/c22-15-7-16(23)19(25)14(18(15)24)10-31-6-5-17-12(9-31)8-29-20(30-17)11-1-3-13(4-2-11)21(26,27)28/h1-4,7-8H,5-6,9-10H2. The zero-order chi connectivity index (χ0) is 22.3. The number of benzene rings is 2. The predicted molar refractivity (Wildman–Crippen MR) is 96.6 cm³/mol. The van der Waals surface area contributed by atoms with Crippen molar-refractivity contribution in [1.29, 1.82) is 0 Å². The second kappa shape index (κ2) is 7.92. The molecule has 162 valence electrons. The Balaban J connectivity index is 1.53. The largest absolute Gasteiger partial charge is 0.416 e. The molecule has 0 N–H and O–H groups in total. The van der Waals surface area contributed by atoms with Crippen LogP contribution in [-0.2, 0) is 25.7 Å². The van der Waals surface area contributed by atoms with Crippen molar-refractivity contribution >= 4 is 0 Å². The molecule has 2 heterocycles. The van der Waals surface area contributed by atoms with Crippen LogP contribution in [0.15, 0.2) is 36.5 Å². The number of halogens is 7. The Morgan fingerprint density at radius 3 is 2.19 bits per heavy atom. The monoisotopic (exact) mass is 441 g/mol. The summed E-state index contributed by atoms with van der Waals surface area (Å²) in [4.78, 5) is 10.2. The van der Waals surface area contributed by atoms with E-state index in [4.69, 9.17) is 0 Å². The highest BCUT2D eigenvalue weighted by molar-refractivity contribution is 5.56. The number of rotatable bonds is 3. The molecule has 31 heavy (non-hydrogen) atoms. The van der Waals surface area contributed by atoms with Gasteiger partial charge >= 0.3 is 6.18 Å². The fourth-order valence-corrected chi connectivity index (χ4v) is 3.44. The minimum absolute atomic E-state index is 0.163. The van der Waals surface area contributed by atoms with Crippen LogP contribution in [0, 0.1) is 23.3 Å². The normalized spacial score (nSPS) is 14.5. The molecule has 0 spiro atoms. The lowest BCUT2D eigenvalue weighted by atomic mass is 10.0. The third-order valence-electron chi connectivity index (χ3n) is 5.07. The number of nitrogens with zero attached hydrogens (tertiary/aromatic N) is 3. The van der Waals surface area contributed by atoms with Gasteiger partial charge in [-0.25, -0.2) is 27.5 Å². The summed E-state index contributed by atoms with van der Waals surface area (Å²) in [5.74, 6) is -5.53. The summed E-state index contributed by atoms with van der Waals surface area (Å²) in [5, 5.41) is 0. The molecule has 0 atom stereocenters. The van der Waals surface area contributed by atoms with E-state index in [-0.39, 0.29) is 25.0 Å². The Bertz CT molecular complexity index is 1100. The van der Waals surface area contributed by atoms with E-state index in [1.807, 2.05) is 0 Å². The minimum Gasteiger partial charge on any atom is -0.294 e. The first-order valence-electron chi connectivity index (χ1n) is 9.20. The fraction of sp³-hybridized carbons (Fsp3) is 0.238. The van der Waals surface area contributed by atoms with Crippen molar-refractivity contribution in [2.75, 3.05) is 6.54 Å². The lowest BCUT2D eigenvalue weighted by Gasteiger charge is -2.28. The lowest BCUT2D eigenvalue weighted by Crippen LogP contribution is -2.32. The van der Waals surface area contributed by atoms with Gasteiger partial charge in [-0.05, 0) is 12.1 Å². The predicted octanol–water partition coefficient (Wildman–Crippen LogP) is 5.28. The Labute approximate surface area is 172 Å².